The first-order valence-corrected chi connectivity index (χ1v) is 6.69. The Labute approximate surface area is 114 Å². The second-order valence-electron chi connectivity index (χ2n) is 5.43. The molecule has 2 atom stereocenters. The highest BCUT2D eigenvalue weighted by atomic mass is 16.5. The Morgan fingerprint density at radius 2 is 2.21 bits per heavy atom. The number of benzene rings is 1. The molecule has 1 fully saturated rings. The summed E-state index contributed by atoms with van der Waals surface area (Å²) in [4.78, 5) is 12.4. The van der Waals surface area contributed by atoms with Crippen molar-refractivity contribution in [1.29, 1.82) is 0 Å². The fraction of sp³-hybridized carbons (Fsp3) is 0.533. The number of hydrogen-bond acceptors (Lipinski definition) is 3. The van der Waals surface area contributed by atoms with Gasteiger partial charge in [-0.05, 0) is 44.9 Å². The van der Waals surface area contributed by atoms with Gasteiger partial charge in [0.15, 0.2) is 0 Å². The van der Waals surface area contributed by atoms with Crippen molar-refractivity contribution in [2.45, 2.75) is 38.8 Å². The number of anilines is 1. The predicted molar refractivity (Wildman–Crippen MR) is 76.6 cm³/mol. The van der Waals surface area contributed by atoms with Crippen LogP contribution in [-0.2, 0) is 4.74 Å². The quantitative estimate of drug-likeness (QED) is 0.879. The van der Waals surface area contributed by atoms with Gasteiger partial charge in [0.05, 0.1) is 17.2 Å². The van der Waals surface area contributed by atoms with Crippen LogP contribution in [0.5, 0.6) is 0 Å². The molecule has 104 valence electrons. The number of nitrogens with one attached hydrogen (secondary N) is 2. The van der Waals surface area contributed by atoms with Gasteiger partial charge in [-0.1, -0.05) is 6.07 Å². The van der Waals surface area contributed by atoms with Gasteiger partial charge in [-0.15, -0.1) is 0 Å². The summed E-state index contributed by atoms with van der Waals surface area (Å²) < 4.78 is 5.55. The summed E-state index contributed by atoms with van der Waals surface area (Å²) in [5.74, 6) is -0.0517. The van der Waals surface area contributed by atoms with Crippen molar-refractivity contribution < 1.29 is 9.53 Å². The van der Waals surface area contributed by atoms with E-state index in [-0.39, 0.29) is 17.6 Å². The molecule has 0 aliphatic carbocycles. The molecule has 4 nitrogen and oxygen atoms in total. The molecule has 0 bridgehead atoms. The zero-order valence-corrected chi connectivity index (χ0v) is 12.0. The van der Waals surface area contributed by atoms with E-state index in [1.807, 2.05) is 46.0 Å². The van der Waals surface area contributed by atoms with Gasteiger partial charge in [0, 0.05) is 19.3 Å². The maximum atomic E-state index is 12.4. The molecular weight excluding hydrogens is 240 g/mol. The molecule has 1 aliphatic rings. The second-order valence-corrected chi connectivity index (χ2v) is 5.43. The van der Waals surface area contributed by atoms with E-state index in [1.54, 1.807) is 0 Å². The van der Waals surface area contributed by atoms with E-state index in [0.29, 0.717) is 12.2 Å². The summed E-state index contributed by atoms with van der Waals surface area (Å²) in [6.07, 6.45) is 0.889. The maximum absolute atomic E-state index is 12.4. The molecule has 4 heteroatoms. The van der Waals surface area contributed by atoms with Crippen molar-refractivity contribution >= 4 is 11.6 Å². The Kier molecular flexibility index (Phi) is 3.80. The molecule has 2 rings (SSSR count). The summed E-state index contributed by atoms with van der Waals surface area (Å²) in [6.45, 7) is 6.75. The zero-order chi connectivity index (χ0) is 14.0. The van der Waals surface area contributed by atoms with Crippen LogP contribution in [0, 0.1) is 6.92 Å². The molecule has 2 N–H and O–H groups in total. The lowest BCUT2D eigenvalue weighted by Crippen LogP contribution is -2.50. The Morgan fingerprint density at radius 3 is 2.79 bits per heavy atom. The molecule has 0 radical (unpaired) electrons. The zero-order valence-electron chi connectivity index (χ0n) is 12.0. The van der Waals surface area contributed by atoms with Crippen LogP contribution in [0.15, 0.2) is 18.2 Å². The van der Waals surface area contributed by atoms with E-state index < -0.39 is 0 Å². The highest BCUT2D eigenvalue weighted by molar-refractivity contribution is 6.00. The molecule has 0 saturated carbocycles. The molecule has 0 spiro atoms. The molecule has 1 heterocycles. The lowest BCUT2D eigenvalue weighted by Gasteiger charge is -2.29. The highest BCUT2D eigenvalue weighted by Crippen LogP contribution is 2.26. The summed E-state index contributed by atoms with van der Waals surface area (Å²) >= 11 is 0. The van der Waals surface area contributed by atoms with Gasteiger partial charge in [-0.3, -0.25) is 4.79 Å². The van der Waals surface area contributed by atoms with Gasteiger partial charge in [0.2, 0.25) is 0 Å². The Morgan fingerprint density at radius 1 is 1.47 bits per heavy atom. The highest BCUT2D eigenvalue weighted by Gasteiger charge is 2.38. The van der Waals surface area contributed by atoms with Crippen LogP contribution < -0.4 is 10.6 Å². The first-order chi connectivity index (χ1) is 8.96. The Bertz CT molecular complexity index is 487. The van der Waals surface area contributed by atoms with Crippen LogP contribution in [0.1, 0.15) is 36.2 Å². The number of aryl methyl sites for hydroxylation is 1. The smallest absolute Gasteiger partial charge is 0.253 e. The normalized spacial score (nSPS) is 26.2. The molecule has 1 aromatic carbocycles. The summed E-state index contributed by atoms with van der Waals surface area (Å²) in [5, 5.41) is 6.19. The second kappa shape index (κ2) is 5.21. The van der Waals surface area contributed by atoms with Crippen LogP contribution >= 0.6 is 0 Å². The van der Waals surface area contributed by atoms with Gasteiger partial charge in [-0.25, -0.2) is 0 Å². The molecule has 1 amide bonds. The first kappa shape index (κ1) is 13.9. The Hall–Kier alpha value is -1.55. The average Bonchev–Trinajstić information content (AvgIpc) is 2.68. The number of ether oxygens (including phenoxy) is 1. The fourth-order valence-corrected chi connectivity index (χ4v) is 2.39. The summed E-state index contributed by atoms with van der Waals surface area (Å²) in [7, 11) is 1.83. The van der Waals surface area contributed by atoms with Crippen molar-refractivity contribution in [2.75, 3.05) is 19.0 Å². The third-order valence-electron chi connectivity index (χ3n) is 3.97. The molecule has 19 heavy (non-hydrogen) atoms. The van der Waals surface area contributed by atoms with Crippen LogP contribution in [0.25, 0.3) is 0 Å². The first-order valence-electron chi connectivity index (χ1n) is 6.69. The minimum atomic E-state index is -0.285. The summed E-state index contributed by atoms with van der Waals surface area (Å²) in [5.41, 5.74) is 2.37. The van der Waals surface area contributed by atoms with Crippen LogP contribution in [0.4, 0.5) is 5.69 Å². The van der Waals surface area contributed by atoms with Crippen molar-refractivity contribution in [2.24, 2.45) is 0 Å². The number of hydrogen-bond donors (Lipinski definition) is 2. The van der Waals surface area contributed by atoms with E-state index in [1.165, 1.54) is 0 Å². The minimum absolute atomic E-state index is 0.0416. The van der Waals surface area contributed by atoms with Crippen molar-refractivity contribution in [3.05, 3.63) is 29.3 Å². The largest absolute Gasteiger partial charge is 0.387 e. The van der Waals surface area contributed by atoms with E-state index in [9.17, 15) is 4.79 Å². The molecular formula is C15H22N2O2. The van der Waals surface area contributed by atoms with Gasteiger partial charge in [0.25, 0.3) is 5.91 Å². The molecule has 1 saturated heterocycles. The van der Waals surface area contributed by atoms with E-state index in [2.05, 4.69) is 10.6 Å². The van der Waals surface area contributed by atoms with Gasteiger partial charge < -0.3 is 15.4 Å². The SMILES string of the molecule is CNc1cc(C)ccc1C(=O)NC1(C)CCOC1C. The summed E-state index contributed by atoms with van der Waals surface area (Å²) in [6, 6.07) is 5.79. The van der Waals surface area contributed by atoms with Gasteiger partial charge in [0.1, 0.15) is 0 Å². The predicted octanol–water partition coefficient (Wildman–Crippen LogP) is 2.33. The lowest BCUT2D eigenvalue weighted by molar-refractivity contribution is 0.0728. The molecule has 1 aliphatic heterocycles. The monoisotopic (exact) mass is 262 g/mol. The van der Waals surface area contributed by atoms with Crippen molar-refractivity contribution in [1.82, 2.24) is 5.32 Å². The molecule has 0 aromatic heterocycles. The standard InChI is InChI=1S/C15H22N2O2/c1-10-5-6-12(13(9-10)16-4)14(18)17-15(3)7-8-19-11(15)2/h5-6,9,11,16H,7-8H2,1-4H3,(H,17,18). The number of amides is 1. The van der Waals surface area contributed by atoms with Gasteiger partial charge in [-0.2, -0.15) is 0 Å². The maximum Gasteiger partial charge on any atom is 0.253 e. The fourth-order valence-electron chi connectivity index (χ4n) is 2.39. The minimum Gasteiger partial charge on any atom is -0.387 e. The van der Waals surface area contributed by atoms with E-state index >= 15 is 0 Å². The average molecular weight is 262 g/mol. The Balaban J connectivity index is 2.21. The lowest BCUT2D eigenvalue weighted by atomic mass is 9.94. The van der Waals surface area contributed by atoms with E-state index in [4.69, 9.17) is 4.74 Å². The number of carbonyl (C=O) groups excluding carboxylic acids is 1. The third-order valence-corrected chi connectivity index (χ3v) is 3.97. The number of rotatable bonds is 3. The topological polar surface area (TPSA) is 50.4 Å². The van der Waals surface area contributed by atoms with Crippen LogP contribution in [0.3, 0.4) is 0 Å². The number of carbonyl (C=O) groups is 1. The molecule has 2 unspecified atom stereocenters. The van der Waals surface area contributed by atoms with E-state index in [0.717, 1.165) is 17.7 Å². The van der Waals surface area contributed by atoms with Crippen molar-refractivity contribution in [3.8, 4) is 0 Å². The molecule has 1 aromatic rings. The van der Waals surface area contributed by atoms with Crippen molar-refractivity contribution in [3.63, 3.8) is 0 Å². The van der Waals surface area contributed by atoms with Crippen LogP contribution in [0.2, 0.25) is 0 Å². The van der Waals surface area contributed by atoms with Crippen LogP contribution in [-0.4, -0.2) is 31.2 Å². The van der Waals surface area contributed by atoms with Gasteiger partial charge >= 0.3 is 0 Å². The third kappa shape index (κ3) is 2.73.